The first-order valence-electron chi connectivity index (χ1n) is 8.18. The van der Waals surface area contributed by atoms with E-state index in [9.17, 15) is 4.79 Å². The van der Waals surface area contributed by atoms with E-state index in [0.717, 1.165) is 51.5 Å². The number of nitrogens with zero attached hydrogens (tertiary/aromatic N) is 3. The molecule has 23 heavy (non-hydrogen) atoms. The molecule has 1 aromatic carbocycles. The molecular formula is C17H22ClN3O2. The molecule has 0 radical (unpaired) electrons. The highest BCUT2D eigenvalue weighted by Gasteiger charge is 2.14. The van der Waals surface area contributed by atoms with Crippen molar-refractivity contribution in [3.05, 3.63) is 39.4 Å². The molecule has 0 unspecified atom stereocenters. The largest absolute Gasteiger partial charge is 0.379 e. The Morgan fingerprint density at radius 3 is 2.78 bits per heavy atom. The van der Waals surface area contributed by atoms with Crippen molar-refractivity contribution in [1.82, 2.24) is 14.5 Å². The first-order chi connectivity index (χ1) is 11.2. The summed E-state index contributed by atoms with van der Waals surface area (Å²) >= 11 is 6.21. The number of aromatic nitrogens is 2. The average Bonchev–Trinajstić information content (AvgIpc) is 2.57. The average molecular weight is 336 g/mol. The molecule has 2 aromatic rings. The van der Waals surface area contributed by atoms with Gasteiger partial charge in [-0.1, -0.05) is 24.6 Å². The van der Waals surface area contributed by atoms with Crippen molar-refractivity contribution >= 4 is 22.5 Å². The Bertz CT molecular complexity index is 738. The standard InChI is InChI=1S/C17H22ClN3O2/c1-2-15-19-14-6-3-5-13(18)16(14)17(22)21(15)8-4-7-20-9-11-23-12-10-20/h3,5-6H,2,4,7-12H2,1H3. The zero-order valence-electron chi connectivity index (χ0n) is 13.4. The molecule has 6 heteroatoms. The monoisotopic (exact) mass is 335 g/mol. The zero-order valence-corrected chi connectivity index (χ0v) is 14.2. The summed E-state index contributed by atoms with van der Waals surface area (Å²) in [6.07, 6.45) is 1.65. The highest BCUT2D eigenvalue weighted by molar-refractivity contribution is 6.35. The van der Waals surface area contributed by atoms with Crippen molar-refractivity contribution in [2.75, 3.05) is 32.8 Å². The number of hydrogen-bond donors (Lipinski definition) is 0. The van der Waals surface area contributed by atoms with Gasteiger partial charge in [0.05, 0.1) is 29.1 Å². The summed E-state index contributed by atoms with van der Waals surface area (Å²) in [5.74, 6) is 0.826. The molecule has 5 nitrogen and oxygen atoms in total. The number of benzene rings is 1. The molecule has 0 bridgehead atoms. The Hall–Kier alpha value is -1.43. The van der Waals surface area contributed by atoms with Crippen LogP contribution in [0.25, 0.3) is 10.9 Å². The van der Waals surface area contributed by atoms with E-state index in [0.29, 0.717) is 22.5 Å². The molecule has 0 amide bonds. The van der Waals surface area contributed by atoms with Crippen LogP contribution < -0.4 is 5.56 Å². The van der Waals surface area contributed by atoms with E-state index in [1.165, 1.54) is 0 Å². The molecule has 0 saturated carbocycles. The smallest absolute Gasteiger partial charge is 0.262 e. The van der Waals surface area contributed by atoms with Crippen LogP contribution >= 0.6 is 11.6 Å². The number of hydrogen-bond acceptors (Lipinski definition) is 4. The third-order valence-electron chi connectivity index (χ3n) is 4.29. The summed E-state index contributed by atoms with van der Waals surface area (Å²) in [4.78, 5) is 19.8. The Balaban J connectivity index is 1.82. The second-order valence-corrected chi connectivity index (χ2v) is 6.19. The van der Waals surface area contributed by atoms with Crippen molar-refractivity contribution in [1.29, 1.82) is 0 Å². The van der Waals surface area contributed by atoms with E-state index < -0.39 is 0 Å². The van der Waals surface area contributed by atoms with E-state index in [2.05, 4.69) is 9.88 Å². The predicted octanol–water partition coefficient (Wildman–Crippen LogP) is 2.33. The molecule has 0 aliphatic carbocycles. The number of fused-ring (bicyclic) bond motifs is 1. The Labute approximate surface area is 140 Å². The summed E-state index contributed by atoms with van der Waals surface area (Å²) in [6, 6.07) is 5.43. The number of ether oxygens (including phenoxy) is 1. The minimum Gasteiger partial charge on any atom is -0.379 e. The van der Waals surface area contributed by atoms with Crippen LogP contribution in [-0.2, 0) is 17.7 Å². The SMILES string of the molecule is CCc1nc2cccc(Cl)c2c(=O)n1CCCN1CCOCC1. The molecule has 0 atom stereocenters. The maximum Gasteiger partial charge on any atom is 0.262 e. The van der Waals surface area contributed by atoms with Crippen molar-refractivity contribution in [3.63, 3.8) is 0 Å². The summed E-state index contributed by atoms with van der Waals surface area (Å²) in [6.45, 7) is 7.21. The van der Waals surface area contributed by atoms with Gasteiger partial charge >= 0.3 is 0 Å². The maximum absolute atomic E-state index is 12.8. The Kier molecular flexibility index (Phi) is 5.30. The van der Waals surface area contributed by atoms with E-state index in [4.69, 9.17) is 16.3 Å². The number of rotatable bonds is 5. The lowest BCUT2D eigenvalue weighted by Gasteiger charge is -2.26. The normalized spacial score (nSPS) is 16.1. The highest BCUT2D eigenvalue weighted by atomic mass is 35.5. The van der Waals surface area contributed by atoms with Crippen molar-refractivity contribution in [3.8, 4) is 0 Å². The van der Waals surface area contributed by atoms with Gasteiger partial charge in [-0.05, 0) is 18.6 Å². The molecule has 1 fully saturated rings. The first kappa shape index (κ1) is 16.4. The van der Waals surface area contributed by atoms with Crippen molar-refractivity contribution in [2.45, 2.75) is 26.3 Å². The van der Waals surface area contributed by atoms with Gasteiger partial charge in [-0.2, -0.15) is 0 Å². The summed E-state index contributed by atoms with van der Waals surface area (Å²) in [7, 11) is 0. The second kappa shape index (κ2) is 7.43. The zero-order chi connectivity index (χ0) is 16.2. The van der Waals surface area contributed by atoms with Gasteiger partial charge in [0.25, 0.3) is 5.56 Å². The van der Waals surface area contributed by atoms with E-state index in [1.807, 2.05) is 19.1 Å². The maximum atomic E-state index is 12.8. The molecule has 1 saturated heterocycles. The summed E-state index contributed by atoms with van der Waals surface area (Å²) < 4.78 is 7.15. The van der Waals surface area contributed by atoms with Gasteiger partial charge in [-0.3, -0.25) is 14.3 Å². The van der Waals surface area contributed by atoms with Crippen LogP contribution in [0.3, 0.4) is 0 Å². The van der Waals surface area contributed by atoms with Crippen LogP contribution in [0.15, 0.2) is 23.0 Å². The van der Waals surface area contributed by atoms with Crippen LogP contribution in [-0.4, -0.2) is 47.3 Å². The summed E-state index contributed by atoms with van der Waals surface area (Å²) in [5, 5.41) is 1.00. The molecule has 0 N–H and O–H groups in total. The molecule has 1 aliphatic rings. The number of morpholine rings is 1. The van der Waals surface area contributed by atoms with Gasteiger partial charge < -0.3 is 4.74 Å². The fourth-order valence-corrected chi connectivity index (χ4v) is 3.30. The molecule has 1 aromatic heterocycles. The highest BCUT2D eigenvalue weighted by Crippen LogP contribution is 2.19. The number of halogens is 1. The third-order valence-corrected chi connectivity index (χ3v) is 4.60. The fourth-order valence-electron chi connectivity index (χ4n) is 3.05. The van der Waals surface area contributed by atoms with Gasteiger partial charge in [0.1, 0.15) is 5.82 Å². The van der Waals surface area contributed by atoms with Crippen LogP contribution in [0.4, 0.5) is 0 Å². The van der Waals surface area contributed by atoms with Gasteiger partial charge in [-0.25, -0.2) is 4.98 Å². The number of aryl methyl sites for hydroxylation is 1. The van der Waals surface area contributed by atoms with Gasteiger partial charge in [0, 0.05) is 32.6 Å². The molecule has 0 spiro atoms. The van der Waals surface area contributed by atoms with E-state index >= 15 is 0 Å². The van der Waals surface area contributed by atoms with Crippen LogP contribution in [0.1, 0.15) is 19.2 Å². The van der Waals surface area contributed by atoms with E-state index in [1.54, 1.807) is 10.6 Å². The van der Waals surface area contributed by atoms with Crippen molar-refractivity contribution < 1.29 is 4.74 Å². The lowest BCUT2D eigenvalue weighted by molar-refractivity contribution is 0.0369. The van der Waals surface area contributed by atoms with Crippen LogP contribution in [0.5, 0.6) is 0 Å². The lowest BCUT2D eigenvalue weighted by Crippen LogP contribution is -2.37. The minimum atomic E-state index is -0.0283. The van der Waals surface area contributed by atoms with Crippen molar-refractivity contribution in [2.24, 2.45) is 0 Å². The topological polar surface area (TPSA) is 47.4 Å². The first-order valence-corrected chi connectivity index (χ1v) is 8.56. The molecule has 2 heterocycles. The Morgan fingerprint density at radius 2 is 2.04 bits per heavy atom. The minimum absolute atomic E-state index is 0.0283. The quantitative estimate of drug-likeness (QED) is 0.841. The van der Waals surface area contributed by atoms with Crippen LogP contribution in [0.2, 0.25) is 5.02 Å². The molecule has 1 aliphatic heterocycles. The van der Waals surface area contributed by atoms with Crippen LogP contribution in [0, 0.1) is 0 Å². The molecule has 124 valence electrons. The molecular weight excluding hydrogens is 314 g/mol. The van der Waals surface area contributed by atoms with Gasteiger partial charge in [0.2, 0.25) is 0 Å². The fraction of sp³-hybridized carbons (Fsp3) is 0.529. The lowest BCUT2D eigenvalue weighted by atomic mass is 10.2. The summed E-state index contributed by atoms with van der Waals surface area (Å²) in [5.41, 5.74) is 0.656. The predicted molar refractivity (Wildman–Crippen MR) is 92.3 cm³/mol. The van der Waals surface area contributed by atoms with Gasteiger partial charge in [-0.15, -0.1) is 0 Å². The molecule has 3 rings (SSSR count). The Morgan fingerprint density at radius 1 is 1.26 bits per heavy atom. The second-order valence-electron chi connectivity index (χ2n) is 5.78. The third kappa shape index (κ3) is 3.57. The van der Waals surface area contributed by atoms with E-state index in [-0.39, 0.29) is 5.56 Å². The van der Waals surface area contributed by atoms with Gasteiger partial charge in [0.15, 0.2) is 0 Å².